The number of amides is 1. The minimum absolute atomic E-state index is 0.124. The number of anilines is 1. The van der Waals surface area contributed by atoms with Crippen LogP contribution in [0, 0.1) is 17.0 Å². The summed E-state index contributed by atoms with van der Waals surface area (Å²) < 4.78 is 4.62. The molecule has 0 heterocycles. The second-order valence-corrected chi connectivity index (χ2v) is 4.73. The Morgan fingerprint density at radius 1 is 1.17 bits per heavy atom. The van der Waals surface area contributed by atoms with E-state index < -0.39 is 16.8 Å². The molecule has 0 aliphatic heterocycles. The summed E-state index contributed by atoms with van der Waals surface area (Å²) in [5.41, 5.74) is 1.03. The molecule has 0 aromatic heterocycles. The molecular weight excluding hydrogens is 300 g/mol. The molecule has 0 spiro atoms. The molecule has 0 saturated carbocycles. The molecule has 1 N–H and O–H groups in total. The van der Waals surface area contributed by atoms with Gasteiger partial charge in [0.1, 0.15) is 0 Å². The van der Waals surface area contributed by atoms with Crippen LogP contribution in [0.15, 0.2) is 42.5 Å². The monoisotopic (exact) mass is 314 g/mol. The van der Waals surface area contributed by atoms with Gasteiger partial charge in [-0.05, 0) is 31.2 Å². The van der Waals surface area contributed by atoms with Gasteiger partial charge in [-0.1, -0.05) is 12.1 Å². The zero-order valence-electron chi connectivity index (χ0n) is 12.5. The largest absolute Gasteiger partial charge is 0.465 e. The Labute approximate surface area is 132 Å². The number of hydrogen-bond acceptors (Lipinski definition) is 5. The minimum Gasteiger partial charge on any atom is -0.465 e. The number of carbonyl (C=O) groups excluding carboxylic acids is 2. The van der Waals surface area contributed by atoms with Crippen LogP contribution in [0.4, 0.5) is 11.4 Å². The number of methoxy groups -OCH3 is 1. The molecule has 0 atom stereocenters. The first kappa shape index (κ1) is 16.2. The van der Waals surface area contributed by atoms with Crippen LogP contribution in [0.3, 0.4) is 0 Å². The highest BCUT2D eigenvalue weighted by molar-refractivity contribution is 6.06. The summed E-state index contributed by atoms with van der Waals surface area (Å²) in [5.74, 6) is -1.01. The van der Waals surface area contributed by atoms with Crippen molar-refractivity contribution in [1.29, 1.82) is 0 Å². The SMILES string of the molecule is COC(=O)c1cccc(NC(=O)c2cccc([N+](=O)[O-])c2C)c1. The Kier molecular flexibility index (Phi) is 4.70. The van der Waals surface area contributed by atoms with Crippen molar-refractivity contribution in [2.24, 2.45) is 0 Å². The van der Waals surface area contributed by atoms with E-state index in [1.54, 1.807) is 18.2 Å². The van der Waals surface area contributed by atoms with E-state index in [-0.39, 0.29) is 16.8 Å². The predicted molar refractivity (Wildman–Crippen MR) is 83.6 cm³/mol. The van der Waals surface area contributed by atoms with Gasteiger partial charge >= 0.3 is 5.97 Å². The quantitative estimate of drug-likeness (QED) is 0.531. The first-order chi connectivity index (χ1) is 10.9. The Bertz CT molecular complexity index is 786. The van der Waals surface area contributed by atoms with E-state index in [2.05, 4.69) is 10.1 Å². The highest BCUT2D eigenvalue weighted by Gasteiger charge is 2.18. The summed E-state index contributed by atoms with van der Waals surface area (Å²) >= 11 is 0. The van der Waals surface area contributed by atoms with Crippen molar-refractivity contribution >= 4 is 23.3 Å². The molecule has 118 valence electrons. The minimum atomic E-state index is -0.538. The van der Waals surface area contributed by atoms with Gasteiger partial charge in [-0.2, -0.15) is 0 Å². The number of hydrogen-bond donors (Lipinski definition) is 1. The number of rotatable bonds is 4. The molecule has 2 aromatic carbocycles. The number of nitrogens with one attached hydrogen (secondary N) is 1. The molecule has 23 heavy (non-hydrogen) atoms. The number of nitro benzene ring substituents is 1. The van der Waals surface area contributed by atoms with E-state index in [1.165, 1.54) is 38.3 Å². The van der Waals surface area contributed by atoms with Gasteiger partial charge in [-0.25, -0.2) is 4.79 Å². The number of esters is 1. The zero-order valence-corrected chi connectivity index (χ0v) is 12.5. The van der Waals surface area contributed by atoms with E-state index in [1.807, 2.05) is 0 Å². The van der Waals surface area contributed by atoms with Crippen molar-refractivity contribution < 1.29 is 19.2 Å². The fourth-order valence-electron chi connectivity index (χ4n) is 2.11. The first-order valence-electron chi connectivity index (χ1n) is 6.67. The second kappa shape index (κ2) is 6.69. The Hall–Kier alpha value is -3.22. The lowest BCUT2D eigenvalue weighted by atomic mass is 10.1. The van der Waals surface area contributed by atoms with Crippen LogP contribution in [-0.4, -0.2) is 23.9 Å². The fourth-order valence-corrected chi connectivity index (χ4v) is 2.11. The average molecular weight is 314 g/mol. The van der Waals surface area contributed by atoms with Gasteiger partial charge in [0, 0.05) is 22.9 Å². The van der Waals surface area contributed by atoms with Gasteiger partial charge in [0.25, 0.3) is 11.6 Å². The second-order valence-electron chi connectivity index (χ2n) is 4.73. The molecule has 0 fully saturated rings. The maximum atomic E-state index is 12.3. The molecule has 0 aliphatic rings. The van der Waals surface area contributed by atoms with Gasteiger partial charge in [0.05, 0.1) is 17.6 Å². The summed E-state index contributed by atoms with van der Waals surface area (Å²) in [4.78, 5) is 34.2. The number of ether oxygens (including phenoxy) is 1. The van der Waals surface area contributed by atoms with Gasteiger partial charge in [0.2, 0.25) is 0 Å². The standard InChI is InChI=1S/C16H14N2O5/c1-10-13(7-4-8-14(10)18(21)22)15(19)17-12-6-3-5-11(9-12)16(20)23-2/h3-9H,1-2H3,(H,17,19). The zero-order chi connectivity index (χ0) is 17.0. The molecule has 1 amide bonds. The highest BCUT2D eigenvalue weighted by atomic mass is 16.6. The van der Waals surface area contributed by atoms with E-state index in [0.717, 1.165) is 0 Å². The first-order valence-corrected chi connectivity index (χ1v) is 6.67. The third kappa shape index (κ3) is 3.52. The molecule has 2 rings (SSSR count). The summed E-state index contributed by atoms with van der Waals surface area (Å²) in [5, 5.41) is 13.5. The lowest BCUT2D eigenvalue weighted by molar-refractivity contribution is -0.385. The molecule has 0 saturated heterocycles. The van der Waals surface area contributed by atoms with Crippen LogP contribution in [0.2, 0.25) is 0 Å². The molecule has 2 aromatic rings. The fraction of sp³-hybridized carbons (Fsp3) is 0.125. The van der Waals surface area contributed by atoms with Crippen molar-refractivity contribution in [3.8, 4) is 0 Å². The summed E-state index contributed by atoms with van der Waals surface area (Å²) in [6.07, 6.45) is 0. The Morgan fingerprint density at radius 2 is 1.87 bits per heavy atom. The lowest BCUT2D eigenvalue weighted by Gasteiger charge is -2.09. The molecular formula is C16H14N2O5. The van der Waals surface area contributed by atoms with Crippen LogP contribution in [0.25, 0.3) is 0 Å². The molecule has 7 nitrogen and oxygen atoms in total. The summed E-state index contributed by atoms with van der Waals surface area (Å²) in [6, 6.07) is 10.5. The molecule has 7 heteroatoms. The van der Waals surface area contributed by atoms with Crippen molar-refractivity contribution in [2.75, 3.05) is 12.4 Å². The molecule has 0 unspecified atom stereocenters. The van der Waals surface area contributed by atoms with E-state index in [9.17, 15) is 19.7 Å². The van der Waals surface area contributed by atoms with Crippen molar-refractivity contribution in [3.05, 3.63) is 69.3 Å². The Morgan fingerprint density at radius 3 is 2.52 bits per heavy atom. The maximum absolute atomic E-state index is 12.3. The number of carbonyl (C=O) groups is 2. The summed E-state index contributed by atoms with van der Waals surface area (Å²) in [6.45, 7) is 1.51. The third-order valence-corrected chi connectivity index (χ3v) is 3.29. The smallest absolute Gasteiger partial charge is 0.337 e. The number of benzene rings is 2. The molecule has 0 aliphatic carbocycles. The number of nitro groups is 1. The van der Waals surface area contributed by atoms with Crippen molar-refractivity contribution in [3.63, 3.8) is 0 Å². The van der Waals surface area contributed by atoms with Crippen LogP contribution >= 0.6 is 0 Å². The van der Waals surface area contributed by atoms with E-state index in [4.69, 9.17) is 0 Å². The summed E-state index contributed by atoms with van der Waals surface area (Å²) in [7, 11) is 1.26. The van der Waals surface area contributed by atoms with Crippen molar-refractivity contribution in [2.45, 2.75) is 6.92 Å². The van der Waals surface area contributed by atoms with Crippen molar-refractivity contribution in [1.82, 2.24) is 0 Å². The molecule has 0 bridgehead atoms. The lowest BCUT2D eigenvalue weighted by Crippen LogP contribution is -2.14. The maximum Gasteiger partial charge on any atom is 0.337 e. The van der Waals surface area contributed by atoms with Crippen LogP contribution < -0.4 is 5.32 Å². The van der Waals surface area contributed by atoms with Crippen LogP contribution in [0.5, 0.6) is 0 Å². The van der Waals surface area contributed by atoms with Crippen LogP contribution in [-0.2, 0) is 4.74 Å². The van der Waals surface area contributed by atoms with Gasteiger partial charge in [-0.3, -0.25) is 14.9 Å². The topological polar surface area (TPSA) is 98.5 Å². The predicted octanol–water partition coefficient (Wildman–Crippen LogP) is 2.94. The van der Waals surface area contributed by atoms with Gasteiger partial charge < -0.3 is 10.1 Å². The third-order valence-electron chi connectivity index (χ3n) is 3.29. The van der Waals surface area contributed by atoms with E-state index in [0.29, 0.717) is 11.3 Å². The number of nitrogens with zero attached hydrogens (tertiary/aromatic N) is 1. The van der Waals surface area contributed by atoms with Gasteiger partial charge in [0.15, 0.2) is 0 Å². The van der Waals surface area contributed by atoms with E-state index >= 15 is 0 Å². The van der Waals surface area contributed by atoms with Gasteiger partial charge in [-0.15, -0.1) is 0 Å². The molecule has 0 radical (unpaired) electrons. The highest BCUT2D eigenvalue weighted by Crippen LogP contribution is 2.22. The Balaban J connectivity index is 2.28. The normalized spacial score (nSPS) is 10.0. The van der Waals surface area contributed by atoms with Crippen LogP contribution in [0.1, 0.15) is 26.3 Å². The average Bonchev–Trinajstić information content (AvgIpc) is 2.54.